The summed E-state index contributed by atoms with van der Waals surface area (Å²) in [5.41, 5.74) is 5.78. The average molecular weight is 445 g/mol. The van der Waals surface area contributed by atoms with Crippen LogP contribution in [0.2, 0.25) is 0 Å². The van der Waals surface area contributed by atoms with Crippen LogP contribution in [0.15, 0.2) is 20.1 Å². The molecule has 1 aromatic rings. The molecule has 4 aliphatic rings. The van der Waals surface area contributed by atoms with Crippen molar-refractivity contribution < 1.29 is 9.47 Å². The molecule has 1 aromatic carbocycles. The van der Waals surface area contributed by atoms with Gasteiger partial charge in [-0.15, -0.1) is 0 Å². The van der Waals surface area contributed by atoms with E-state index in [2.05, 4.69) is 53.4 Å². The Labute approximate surface area is 152 Å². The molecule has 124 valence electrons. The number of fused-ring (bicyclic) bond motifs is 2. The van der Waals surface area contributed by atoms with E-state index in [-0.39, 0.29) is 6.04 Å². The zero-order valence-corrected chi connectivity index (χ0v) is 16.3. The standard InChI is InChI=1S/C16H19Br2N3O2/c1-22-15-9(7-10(17)16(23-2)11(15)18)13-14-12(19-20-13)8-3-5-21(14)6-4-8/h7-8,13-14,20H,3-6H2,1-2H3. The third kappa shape index (κ3) is 2.31. The molecule has 23 heavy (non-hydrogen) atoms. The van der Waals surface area contributed by atoms with Gasteiger partial charge in [0.2, 0.25) is 0 Å². The van der Waals surface area contributed by atoms with Gasteiger partial charge in [0.05, 0.1) is 36.5 Å². The minimum absolute atomic E-state index is 0.113. The highest BCUT2D eigenvalue weighted by atomic mass is 79.9. The van der Waals surface area contributed by atoms with Crippen molar-refractivity contribution in [1.29, 1.82) is 0 Å². The van der Waals surface area contributed by atoms with Gasteiger partial charge < -0.3 is 14.9 Å². The molecule has 2 bridgehead atoms. The number of nitrogens with zero attached hydrogens (tertiary/aromatic N) is 2. The Morgan fingerprint density at radius 2 is 1.87 bits per heavy atom. The molecular weight excluding hydrogens is 426 g/mol. The second-order valence-corrected chi connectivity index (χ2v) is 7.87. The predicted octanol–water partition coefficient (Wildman–Crippen LogP) is 3.32. The van der Waals surface area contributed by atoms with Crippen LogP contribution in [0.25, 0.3) is 0 Å². The number of hydrogen-bond acceptors (Lipinski definition) is 5. The molecule has 7 heteroatoms. The number of rotatable bonds is 3. The quantitative estimate of drug-likeness (QED) is 0.776. The highest BCUT2D eigenvalue weighted by Crippen LogP contribution is 2.48. The van der Waals surface area contributed by atoms with E-state index in [9.17, 15) is 0 Å². The first-order valence-corrected chi connectivity index (χ1v) is 9.41. The van der Waals surface area contributed by atoms with Gasteiger partial charge >= 0.3 is 0 Å². The molecule has 0 spiro atoms. The molecule has 0 aromatic heterocycles. The average Bonchev–Trinajstić information content (AvgIpc) is 3.03. The highest BCUT2D eigenvalue weighted by Gasteiger charge is 2.47. The van der Waals surface area contributed by atoms with Crippen molar-refractivity contribution in [2.45, 2.75) is 24.9 Å². The Balaban J connectivity index is 1.77. The summed E-state index contributed by atoms with van der Waals surface area (Å²) in [4.78, 5) is 2.55. The molecule has 3 fully saturated rings. The van der Waals surface area contributed by atoms with E-state index in [4.69, 9.17) is 9.47 Å². The van der Waals surface area contributed by atoms with E-state index in [1.54, 1.807) is 14.2 Å². The lowest BCUT2D eigenvalue weighted by Crippen LogP contribution is -2.56. The molecule has 3 saturated heterocycles. The summed E-state index contributed by atoms with van der Waals surface area (Å²) >= 11 is 7.23. The number of hydrazone groups is 1. The van der Waals surface area contributed by atoms with Crippen LogP contribution in [0.1, 0.15) is 24.4 Å². The van der Waals surface area contributed by atoms with Gasteiger partial charge in [-0.05, 0) is 63.9 Å². The van der Waals surface area contributed by atoms with Gasteiger partial charge in [-0.2, -0.15) is 5.10 Å². The first kappa shape index (κ1) is 15.7. The number of ether oxygens (including phenoxy) is 2. The van der Waals surface area contributed by atoms with E-state index in [1.165, 1.54) is 18.6 Å². The molecule has 0 aliphatic carbocycles. The molecule has 4 aliphatic heterocycles. The smallest absolute Gasteiger partial charge is 0.151 e. The van der Waals surface area contributed by atoms with Gasteiger partial charge in [-0.1, -0.05) is 0 Å². The van der Waals surface area contributed by atoms with E-state index in [0.29, 0.717) is 12.0 Å². The van der Waals surface area contributed by atoms with Crippen molar-refractivity contribution in [3.63, 3.8) is 0 Å². The second kappa shape index (κ2) is 5.93. The van der Waals surface area contributed by atoms with Crippen molar-refractivity contribution in [2.75, 3.05) is 27.3 Å². The largest absolute Gasteiger partial charge is 0.495 e. The van der Waals surface area contributed by atoms with Crippen molar-refractivity contribution in [1.82, 2.24) is 10.3 Å². The van der Waals surface area contributed by atoms with E-state index in [1.807, 2.05) is 0 Å². The van der Waals surface area contributed by atoms with Gasteiger partial charge in [-0.3, -0.25) is 4.90 Å². The molecule has 0 amide bonds. The lowest BCUT2D eigenvalue weighted by atomic mass is 9.78. The topological polar surface area (TPSA) is 46.1 Å². The Morgan fingerprint density at radius 1 is 1.17 bits per heavy atom. The Bertz CT molecular complexity index is 672. The summed E-state index contributed by atoms with van der Waals surface area (Å²) < 4.78 is 12.9. The molecule has 0 radical (unpaired) electrons. The zero-order chi connectivity index (χ0) is 16.1. The van der Waals surface area contributed by atoms with Crippen LogP contribution in [0, 0.1) is 5.92 Å². The van der Waals surface area contributed by atoms with Gasteiger partial charge in [-0.25, -0.2) is 0 Å². The van der Waals surface area contributed by atoms with E-state index in [0.717, 1.165) is 39.1 Å². The third-order valence-electron chi connectivity index (χ3n) is 5.20. The minimum atomic E-state index is 0.113. The number of benzene rings is 1. The molecule has 4 heterocycles. The van der Waals surface area contributed by atoms with Crippen molar-refractivity contribution in [3.8, 4) is 11.5 Å². The Hall–Kier alpha value is -0.790. The van der Waals surface area contributed by atoms with Crippen molar-refractivity contribution in [2.24, 2.45) is 11.0 Å². The van der Waals surface area contributed by atoms with Crippen LogP contribution in [-0.2, 0) is 0 Å². The highest BCUT2D eigenvalue weighted by molar-refractivity contribution is 9.11. The molecule has 5 rings (SSSR count). The summed E-state index contributed by atoms with van der Waals surface area (Å²) in [6.07, 6.45) is 2.47. The Kier molecular flexibility index (Phi) is 4.06. The predicted molar refractivity (Wildman–Crippen MR) is 96.3 cm³/mol. The normalized spacial score (nSPS) is 31.4. The SMILES string of the molecule is COc1c(Br)cc(C2NN=C3C4CCN(CC4)C32)c(OC)c1Br. The molecule has 1 N–H and O–H groups in total. The fourth-order valence-corrected chi connectivity index (χ4v) is 5.76. The molecule has 0 saturated carbocycles. The summed E-state index contributed by atoms with van der Waals surface area (Å²) in [5, 5.41) is 4.68. The van der Waals surface area contributed by atoms with Gasteiger partial charge in [0.25, 0.3) is 0 Å². The van der Waals surface area contributed by atoms with Gasteiger partial charge in [0.1, 0.15) is 10.2 Å². The van der Waals surface area contributed by atoms with Gasteiger partial charge in [0.15, 0.2) is 5.75 Å². The maximum Gasteiger partial charge on any atom is 0.151 e. The second-order valence-electron chi connectivity index (χ2n) is 6.23. The van der Waals surface area contributed by atoms with Crippen LogP contribution in [0.4, 0.5) is 0 Å². The molecule has 2 unspecified atom stereocenters. The van der Waals surface area contributed by atoms with Crippen LogP contribution in [0.5, 0.6) is 11.5 Å². The van der Waals surface area contributed by atoms with Crippen LogP contribution in [0.3, 0.4) is 0 Å². The van der Waals surface area contributed by atoms with Crippen molar-refractivity contribution in [3.05, 3.63) is 20.6 Å². The van der Waals surface area contributed by atoms with Crippen LogP contribution < -0.4 is 14.9 Å². The third-order valence-corrected chi connectivity index (χ3v) is 6.51. The number of hydrogen-bond donors (Lipinski definition) is 1. The van der Waals surface area contributed by atoms with E-state index >= 15 is 0 Å². The maximum absolute atomic E-state index is 5.69. The maximum atomic E-state index is 5.69. The first-order chi connectivity index (χ1) is 11.2. The molecule has 2 atom stereocenters. The number of methoxy groups -OCH3 is 2. The zero-order valence-electron chi connectivity index (χ0n) is 13.1. The lowest BCUT2D eigenvalue weighted by molar-refractivity contribution is 0.133. The summed E-state index contributed by atoms with van der Waals surface area (Å²) in [6, 6.07) is 2.53. The van der Waals surface area contributed by atoms with Crippen LogP contribution >= 0.6 is 31.9 Å². The lowest BCUT2D eigenvalue weighted by Gasteiger charge is -2.45. The van der Waals surface area contributed by atoms with Crippen LogP contribution in [-0.4, -0.2) is 44.0 Å². The number of halogens is 2. The molecular formula is C16H19Br2N3O2. The van der Waals surface area contributed by atoms with Crippen molar-refractivity contribution >= 4 is 37.6 Å². The number of piperidine rings is 3. The van der Waals surface area contributed by atoms with Gasteiger partial charge in [0, 0.05) is 11.5 Å². The minimum Gasteiger partial charge on any atom is -0.495 e. The summed E-state index contributed by atoms with van der Waals surface area (Å²) in [5.74, 6) is 2.19. The monoisotopic (exact) mass is 443 g/mol. The Morgan fingerprint density at radius 3 is 2.52 bits per heavy atom. The fourth-order valence-electron chi connectivity index (χ4n) is 4.12. The summed E-state index contributed by atoms with van der Waals surface area (Å²) in [6.45, 7) is 2.32. The fraction of sp³-hybridized carbons (Fsp3) is 0.562. The first-order valence-electron chi connectivity index (χ1n) is 7.82. The molecule has 5 nitrogen and oxygen atoms in total. The summed E-state index contributed by atoms with van der Waals surface area (Å²) in [7, 11) is 3.35. The van der Waals surface area contributed by atoms with E-state index < -0.39 is 0 Å². The number of nitrogens with one attached hydrogen (secondary N) is 1.